The van der Waals surface area contributed by atoms with Gasteiger partial charge in [-0.25, -0.2) is 0 Å². The fourth-order valence-electron chi connectivity index (χ4n) is 2.27. The highest BCUT2D eigenvalue weighted by molar-refractivity contribution is 5.40. The Morgan fingerprint density at radius 1 is 0.952 bits per heavy atom. The third-order valence-corrected chi connectivity index (χ3v) is 3.81. The molecule has 2 aromatic carbocycles. The fraction of sp³-hybridized carbons (Fsp3) is 0.333. The van der Waals surface area contributed by atoms with Gasteiger partial charge in [0.15, 0.2) is 0 Å². The summed E-state index contributed by atoms with van der Waals surface area (Å²) < 4.78 is 0. The SMILES string of the molecule is Cc1cc(O)c(CNCCc2ccc(CO)cc2)cc1C. The Morgan fingerprint density at radius 2 is 1.57 bits per heavy atom. The number of hydrogen-bond donors (Lipinski definition) is 3. The van der Waals surface area contributed by atoms with Crippen molar-refractivity contribution in [3.8, 4) is 5.75 Å². The van der Waals surface area contributed by atoms with E-state index in [0.29, 0.717) is 12.3 Å². The zero-order valence-corrected chi connectivity index (χ0v) is 12.7. The second-order valence-electron chi connectivity index (χ2n) is 5.47. The lowest BCUT2D eigenvalue weighted by atomic mass is 10.0. The molecule has 0 aliphatic carbocycles. The summed E-state index contributed by atoms with van der Waals surface area (Å²) in [6, 6.07) is 11.8. The Labute approximate surface area is 126 Å². The molecule has 3 N–H and O–H groups in total. The Hall–Kier alpha value is -1.84. The molecule has 0 saturated carbocycles. The average molecular weight is 285 g/mol. The van der Waals surface area contributed by atoms with Crippen molar-refractivity contribution in [3.63, 3.8) is 0 Å². The van der Waals surface area contributed by atoms with Crippen LogP contribution in [0.25, 0.3) is 0 Å². The van der Waals surface area contributed by atoms with E-state index < -0.39 is 0 Å². The smallest absolute Gasteiger partial charge is 0.120 e. The minimum absolute atomic E-state index is 0.0879. The van der Waals surface area contributed by atoms with Crippen LogP contribution >= 0.6 is 0 Å². The molecule has 0 fully saturated rings. The molecule has 0 aliphatic heterocycles. The summed E-state index contributed by atoms with van der Waals surface area (Å²) in [6.45, 7) is 5.67. The molecule has 2 aromatic rings. The van der Waals surface area contributed by atoms with E-state index in [2.05, 4.69) is 12.2 Å². The molecule has 0 heterocycles. The first-order valence-electron chi connectivity index (χ1n) is 7.28. The molecule has 0 radical (unpaired) electrons. The average Bonchev–Trinajstić information content (AvgIpc) is 2.49. The van der Waals surface area contributed by atoms with Crippen molar-refractivity contribution < 1.29 is 10.2 Å². The molecule has 0 bridgehead atoms. The predicted octanol–water partition coefficient (Wildman–Crippen LogP) is 2.83. The van der Waals surface area contributed by atoms with Gasteiger partial charge in [0, 0.05) is 12.1 Å². The standard InChI is InChI=1S/C18H23NO2/c1-13-9-17(18(21)10-14(13)2)11-19-8-7-15-3-5-16(12-20)6-4-15/h3-6,9-10,19-21H,7-8,11-12H2,1-2H3. The van der Waals surface area contributed by atoms with E-state index >= 15 is 0 Å². The van der Waals surface area contributed by atoms with Crippen LogP contribution in [0.3, 0.4) is 0 Å². The van der Waals surface area contributed by atoms with Crippen molar-refractivity contribution in [2.24, 2.45) is 0 Å². The first kappa shape index (κ1) is 15.5. The van der Waals surface area contributed by atoms with E-state index in [1.165, 1.54) is 11.1 Å². The molecule has 0 atom stereocenters. The van der Waals surface area contributed by atoms with Crippen LogP contribution in [-0.4, -0.2) is 16.8 Å². The fourth-order valence-corrected chi connectivity index (χ4v) is 2.27. The van der Waals surface area contributed by atoms with Crippen LogP contribution in [0.1, 0.15) is 27.8 Å². The van der Waals surface area contributed by atoms with Crippen LogP contribution < -0.4 is 5.32 Å². The van der Waals surface area contributed by atoms with Gasteiger partial charge in [0.25, 0.3) is 0 Å². The van der Waals surface area contributed by atoms with Gasteiger partial charge >= 0.3 is 0 Å². The quantitative estimate of drug-likeness (QED) is 0.715. The van der Waals surface area contributed by atoms with E-state index in [4.69, 9.17) is 5.11 Å². The number of aryl methyl sites for hydroxylation is 2. The van der Waals surface area contributed by atoms with Gasteiger partial charge in [-0.3, -0.25) is 0 Å². The van der Waals surface area contributed by atoms with E-state index in [1.54, 1.807) is 0 Å². The van der Waals surface area contributed by atoms with Crippen molar-refractivity contribution in [1.29, 1.82) is 0 Å². The lowest BCUT2D eigenvalue weighted by Gasteiger charge is -2.10. The summed E-state index contributed by atoms with van der Waals surface area (Å²) in [7, 11) is 0. The summed E-state index contributed by atoms with van der Waals surface area (Å²) in [4.78, 5) is 0. The van der Waals surface area contributed by atoms with E-state index in [9.17, 15) is 5.11 Å². The molecular weight excluding hydrogens is 262 g/mol. The highest BCUT2D eigenvalue weighted by atomic mass is 16.3. The van der Waals surface area contributed by atoms with Gasteiger partial charge in [-0.2, -0.15) is 0 Å². The number of hydrogen-bond acceptors (Lipinski definition) is 3. The van der Waals surface area contributed by atoms with E-state index in [1.807, 2.05) is 43.3 Å². The summed E-state index contributed by atoms with van der Waals surface area (Å²) in [5.41, 5.74) is 5.42. The van der Waals surface area contributed by atoms with Gasteiger partial charge in [-0.05, 0) is 55.1 Å². The summed E-state index contributed by atoms with van der Waals surface area (Å²) >= 11 is 0. The topological polar surface area (TPSA) is 52.5 Å². The zero-order valence-electron chi connectivity index (χ0n) is 12.7. The van der Waals surface area contributed by atoms with E-state index in [-0.39, 0.29) is 6.61 Å². The highest BCUT2D eigenvalue weighted by Gasteiger charge is 2.04. The third kappa shape index (κ3) is 4.31. The second-order valence-corrected chi connectivity index (χ2v) is 5.47. The number of nitrogens with one attached hydrogen (secondary N) is 1. The van der Waals surface area contributed by atoms with Crippen LogP contribution in [-0.2, 0) is 19.6 Å². The van der Waals surface area contributed by atoms with Crippen molar-refractivity contribution in [2.75, 3.05) is 6.54 Å². The molecule has 0 unspecified atom stereocenters. The molecular formula is C18H23NO2. The summed E-state index contributed by atoms with van der Waals surface area (Å²) in [6.07, 6.45) is 0.928. The number of phenolic OH excluding ortho intramolecular Hbond substituents is 1. The maximum absolute atomic E-state index is 9.93. The van der Waals surface area contributed by atoms with Gasteiger partial charge in [0.05, 0.1) is 6.61 Å². The molecule has 0 aliphatic rings. The molecule has 3 nitrogen and oxygen atoms in total. The van der Waals surface area contributed by atoms with Crippen LogP contribution in [0.2, 0.25) is 0 Å². The van der Waals surface area contributed by atoms with E-state index in [0.717, 1.165) is 29.7 Å². The first-order valence-corrected chi connectivity index (χ1v) is 7.28. The minimum Gasteiger partial charge on any atom is -0.508 e. The minimum atomic E-state index is 0.0879. The number of rotatable bonds is 6. The van der Waals surface area contributed by atoms with Gasteiger partial charge in [-0.1, -0.05) is 30.3 Å². The summed E-state index contributed by atoms with van der Waals surface area (Å²) in [5, 5.41) is 22.3. The van der Waals surface area contributed by atoms with Crippen LogP contribution in [0.4, 0.5) is 0 Å². The number of aliphatic hydroxyl groups excluding tert-OH is 1. The van der Waals surface area contributed by atoms with Crippen LogP contribution in [0.15, 0.2) is 36.4 Å². The lowest BCUT2D eigenvalue weighted by molar-refractivity contribution is 0.282. The Morgan fingerprint density at radius 3 is 2.24 bits per heavy atom. The second kappa shape index (κ2) is 7.25. The van der Waals surface area contributed by atoms with Crippen LogP contribution in [0.5, 0.6) is 5.75 Å². The Bertz CT molecular complexity index is 591. The largest absolute Gasteiger partial charge is 0.508 e. The molecule has 0 amide bonds. The van der Waals surface area contributed by atoms with Gasteiger partial charge in [0.1, 0.15) is 5.75 Å². The Kier molecular flexibility index (Phi) is 5.37. The van der Waals surface area contributed by atoms with Gasteiger partial charge in [0.2, 0.25) is 0 Å². The predicted molar refractivity (Wildman–Crippen MR) is 85.4 cm³/mol. The van der Waals surface area contributed by atoms with Crippen LogP contribution in [0, 0.1) is 13.8 Å². The lowest BCUT2D eigenvalue weighted by Crippen LogP contribution is -2.17. The normalized spacial score (nSPS) is 10.8. The maximum Gasteiger partial charge on any atom is 0.120 e. The van der Waals surface area contributed by atoms with Crippen molar-refractivity contribution in [3.05, 3.63) is 64.2 Å². The number of benzene rings is 2. The zero-order chi connectivity index (χ0) is 15.2. The maximum atomic E-state index is 9.93. The number of aliphatic hydroxyl groups is 1. The molecule has 112 valence electrons. The molecule has 21 heavy (non-hydrogen) atoms. The van der Waals surface area contributed by atoms with Crippen molar-refractivity contribution >= 4 is 0 Å². The molecule has 0 saturated heterocycles. The molecule has 0 aromatic heterocycles. The number of aromatic hydroxyl groups is 1. The third-order valence-electron chi connectivity index (χ3n) is 3.81. The molecule has 3 heteroatoms. The monoisotopic (exact) mass is 285 g/mol. The first-order chi connectivity index (χ1) is 10.1. The van der Waals surface area contributed by atoms with Gasteiger partial charge < -0.3 is 15.5 Å². The van der Waals surface area contributed by atoms with Crippen molar-refractivity contribution in [2.45, 2.75) is 33.4 Å². The Balaban J connectivity index is 1.83. The van der Waals surface area contributed by atoms with Crippen molar-refractivity contribution in [1.82, 2.24) is 5.32 Å². The highest BCUT2D eigenvalue weighted by Crippen LogP contribution is 2.21. The molecule has 0 spiro atoms. The number of phenols is 1. The summed E-state index contributed by atoms with van der Waals surface area (Å²) in [5.74, 6) is 0.359. The van der Waals surface area contributed by atoms with Gasteiger partial charge in [-0.15, -0.1) is 0 Å². The molecule has 2 rings (SSSR count).